The van der Waals surface area contributed by atoms with Crippen molar-refractivity contribution in [2.24, 2.45) is 17.3 Å². The summed E-state index contributed by atoms with van der Waals surface area (Å²) in [5, 5.41) is 25.4. The van der Waals surface area contributed by atoms with Crippen LogP contribution in [0, 0.1) is 17.3 Å². The largest absolute Gasteiger partial charge is 0.381 e. The van der Waals surface area contributed by atoms with Crippen molar-refractivity contribution in [3.05, 3.63) is 24.3 Å². The van der Waals surface area contributed by atoms with Crippen molar-refractivity contribution in [3.8, 4) is 0 Å². The minimum atomic E-state index is -1.36. The minimum absolute atomic E-state index is 0.0895. The van der Waals surface area contributed by atoms with Crippen LogP contribution in [0.15, 0.2) is 18.6 Å². The number of hydrogen-bond acceptors (Lipinski definition) is 8. The summed E-state index contributed by atoms with van der Waals surface area (Å²) in [7, 11) is 0. The molecule has 0 spiro atoms. The molecule has 6 N–H and O–H groups in total. The third-order valence-corrected chi connectivity index (χ3v) is 9.83. The molecule has 266 valence electrons. The van der Waals surface area contributed by atoms with Crippen molar-refractivity contribution in [2.45, 2.75) is 147 Å². The molecular formula is C35H55N7O6. The van der Waals surface area contributed by atoms with Gasteiger partial charge in [-0.15, -0.1) is 0 Å². The summed E-state index contributed by atoms with van der Waals surface area (Å²) in [6.07, 6.45) is 13.0. The summed E-state index contributed by atoms with van der Waals surface area (Å²) in [5.41, 5.74) is -0.584. The van der Waals surface area contributed by atoms with Crippen LogP contribution < -0.4 is 26.6 Å². The maximum atomic E-state index is 14.0. The first-order valence-electron chi connectivity index (χ1n) is 17.9. The van der Waals surface area contributed by atoms with E-state index in [-0.39, 0.29) is 23.6 Å². The molecule has 0 saturated heterocycles. The summed E-state index contributed by atoms with van der Waals surface area (Å²) < 4.78 is 0. The lowest BCUT2D eigenvalue weighted by molar-refractivity contribution is -0.136. The van der Waals surface area contributed by atoms with E-state index in [1.54, 1.807) is 0 Å². The van der Waals surface area contributed by atoms with Crippen molar-refractivity contribution in [1.82, 2.24) is 36.6 Å². The van der Waals surface area contributed by atoms with Crippen LogP contribution in [0.1, 0.15) is 122 Å². The number of aromatic nitrogens is 2. The quantitative estimate of drug-likeness (QED) is 0.174. The van der Waals surface area contributed by atoms with Gasteiger partial charge in [-0.25, -0.2) is 4.98 Å². The average Bonchev–Trinajstić information content (AvgIpc) is 3.89. The van der Waals surface area contributed by atoms with Gasteiger partial charge in [-0.1, -0.05) is 66.2 Å². The van der Waals surface area contributed by atoms with Crippen LogP contribution >= 0.6 is 0 Å². The number of amides is 5. The topological polar surface area (TPSA) is 192 Å². The molecule has 1 aromatic heterocycles. The Morgan fingerprint density at radius 1 is 0.833 bits per heavy atom. The van der Waals surface area contributed by atoms with Crippen LogP contribution in [-0.4, -0.2) is 80.9 Å². The summed E-state index contributed by atoms with van der Waals surface area (Å²) in [6.45, 7) is 7.51. The number of carbonyl (C=O) groups is 5. The van der Waals surface area contributed by atoms with E-state index in [1.165, 1.54) is 18.6 Å². The monoisotopic (exact) mass is 669 g/mol. The molecule has 6 atom stereocenters. The standard InChI is InChI=1S/C35H55N7O6/c1-5-11-25(28(43)33(47)38-22-16-17-22)40-30(44)23-14-9-10-15-24(23)39-34(48)29(35(2,3)4)42-32(46)27(21-12-7-6-8-13-21)41-31(45)26-20-36-18-19-37-26/h18-25,27-29,43H,5-17H2,1-4H3,(H,38,47)(H,39,48)(H,40,44)(H,41,45)(H,42,46)/t23-,24+,25?,27+,28?,29-/m1/s1. The summed E-state index contributed by atoms with van der Waals surface area (Å²) in [5.74, 6) is -2.78. The second kappa shape index (κ2) is 17.2. The van der Waals surface area contributed by atoms with Gasteiger partial charge in [0.15, 0.2) is 6.10 Å². The molecule has 3 fully saturated rings. The highest BCUT2D eigenvalue weighted by molar-refractivity contribution is 5.97. The third-order valence-electron chi connectivity index (χ3n) is 9.83. The Morgan fingerprint density at radius 2 is 1.52 bits per heavy atom. The molecule has 13 nitrogen and oxygen atoms in total. The Balaban J connectivity index is 1.45. The van der Waals surface area contributed by atoms with Gasteiger partial charge in [0.05, 0.1) is 18.2 Å². The number of carbonyl (C=O) groups excluding carboxylic acids is 5. The predicted octanol–water partition coefficient (Wildman–Crippen LogP) is 2.29. The highest BCUT2D eigenvalue weighted by Crippen LogP contribution is 2.29. The molecule has 3 saturated carbocycles. The third kappa shape index (κ3) is 10.4. The van der Waals surface area contributed by atoms with E-state index >= 15 is 0 Å². The molecule has 48 heavy (non-hydrogen) atoms. The van der Waals surface area contributed by atoms with Crippen molar-refractivity contribution in [2.75, 3.05) is 0 Å². The van der Waals surface area contributed by atoms with Crippen molar-refractivity contribution < 1.29 is 29.1 Å². The van der Waals surface area contributed by atoms with Crippen molar-refractivity contribution >= 4 is 29.5 Å². The Labute approximate surface area is 284 Å². The zero-order valence-corrected chi connectivity index (χ0v) is 28.9. The summed E-state index contributed by atoms with van der Waals surface area (Å²) >= 11 is 0. The lowest BCUT2D eigenvalue weighted by Crippen LogP contribution is -2.62. The second-order valence-electron chi connectivity index (χ2n) is 14.9. The van der Waals surface area contributed by atoms with Gasteiger partial charge in [0.25, 0.3) is 11.8 Å². The van der Waals surface area contributed by atoms with Gasteiger partial charge in [0.2, 0.25) is 17.7 Å². The normalized spacial score (nSPS) is 22.7. The van der Waals surface area contributed by atoms with Gasteiger partial charge < -0.3 is 31.7 Å². The molecule has 3 aliphatic rings. The molecule has 0 radical (unpaired) electrons. The fourth-order valence-corrected chi connectivity index (χ4v) is 6.89. The van der Waals surface area contributed by atoms with Crippen LogP contribution in [-0.2, 0) is 19.2 Å². The SMILES string of the molecule is CCCC(NC(=O)[C@@H]1CCCC[C@@H]1NC(=O)[C@@H](NC(=O)[C@@H](NC(=O)c1cnccn1)C1CCCCC1)C(C)(C)C)C(O)C(=O)NC1CC1. The fraction of sp³-hybridized carbons (Fsp3) is 0.743. The molecule has 0 bridgehead atoms. The van der Waals surface area contributed by atoms with Crippen LogP contribution in [0.2, 0.25) is 0 Å². The van der Waals surface area contributed by atoms with Crippen molar-refractivity contribution in [1.29, 1.82) is 0 Å². The van der Waals surface area contributed by atoms with Gasteiger partial charge in [-0.3, -0.25) is 29.0 Å². The molecule has 3 aliphatic carbocycles. The van der Waals surface area contributed by atoms with E-state index in [0.717, 1.165) is 57.8 Å². The van der Waals surface area contributed by atoms with E-state index in [2.05, 4.69) is 36.6 Å². The lowest BCUT2D eigenvalue weighted by atomic mass is 9.81. The Kier molecular flexibility index (Phi) is 13.3. The smallest absolute Gasteiger partial charge is 0.272 e. The maximum absolute atomic E-state index is 14.0. The van der Waals surface area contributed by atoms with E-state index < -0.39 is 65.2 Å². The highest BCUT2D eigenvalue weighted by atomic mass is 16.3. The van der Waals surface area contributed by atoms with Gasteiger partial charge in [0, 0.05) is 24.5 Å². The zero-order valence-electron chi connectivity index (χ0n) is 28.9. The van der Waals surface area contributed by atoms with Gasteiger partial charge in [-0.05, 0) is 56.3 Å². The molecule has 13 heteroatoms. The first-order chi connectivity index (χ1) is 22.9. The predicted molar refractivity (Wildman–Crippen MR) is 179 cm³/mol. The number of hydrogen-bond donors (Lipinski definition) is 6. The molecule has 0 aliphatic heterocycles. The van der Waals surface area contributed by atoms with E-state index in [9.17, 15) is 29.1 Å². The first kappa shape index (κ1) is 37.2. The van der Waals surface area contributed by atoms with Crippen LogP contribution in [0.5, 0.6) is 0 Å². The molecule has 0 aromatic carbocycles. The first-order valence-corrected chi connectivity index (χ1v) is 17.9. The minimum Gasteiger partial charge on any atom is -0.381 e. The van der Waals surface area contributed by atoms with E-state index in [1.807, 2.05) is 27.7 Å². The van der Waals surface area contributed by atoms with Crippen LogP contribution in [0.25, 0.3) is 0 Å². The van der Waals surface area contributed by atoms with Crippen LogP contribution in [0.3, 0.4) is 0 Å². The Hall–Kier alpha value is -3.61. The van der Waals surface area contributed by atoms with Crippen LogP contribution in [0.4, 0.5) is 0 Å². The fourth-order valence-electron chi connectivity index (χ4n) is 6.89. The molecular weight excluding hydrogens is 614 g/mol. The van der Waals surface area contributed by atoms with Crippen molar-refractivity contribution in [3.63, 3.8) is 0 Å². The number of rotatable bonds is 14. The highest BCUT2D eigenvalue weighted by Gasteiger charge is 2.41. The lowest BCUT2D eigenvalue weighted by Gasteiger charge is -2.37. The Bertz CT molecular complexity index is 1260. The molecule has 4 rings (SSSR count). The average molecular weight is 670 g/mol. The second-order valence-corrected chi connectivity index (χ2v) is 14.9. The summed E-state index contributed by atoms with van der Waals surface area (Å²) in [6, 6.07) is -2.94. The molecule has 2 unspecified atom stereocenters. The summed E-state index contributed by atoms with van der Waals surface area (Å²) in [4.78, 5) is 75.3. The number of aliphatic hydroxyl groups is 1. The van der Waals surface area contributed by atoms with E-state index in [4.69, 9.17) is 0 Å². The molecule has 1 aromatic rings. The van der Waals surface area contributed by atoms with Gasteiger partial charge in [0.1, 0.15) is 17.8 Å². The van der Waals surface area contributed by atoms with Gasteiger partial charge in [-0.2, -0.15) is 0 Å². The zero-order chi connectivity index (χ0) is 34.8. The molecule has 1 heterocycles. The number of nitrogens with one attached hydrogen (secondary N) is 5. The number of nitrogens with zero attached hydrogens (tertiary/aromatic N) is 2. The van der Waals surface area contributed by atoms with Gasteiger partial charge >= 0.3 is 0 Å². The maximum Gasteiger partial charge on any atom is 0.272 e. The Morgan fingerprint density at radius 3 is 2.15 bits per heavy atom. The van der Waals surface area contributed by atoms with E-state index in [0.29, 0.717) is 25.7 Å². The molecule has 5 amide bonds. The number of aliphatic hydroxyl groups excluding tert-OH is 1.